The van der Waals surface area contributed by atoms with Crippen molar-refractivity contribution in [1.82, 2.24) is 0 Å². The van der Waals surface area contributed by atoms with Crippen molar-refractivity contribution in [2.75, 3.05) is 0 Å². The maximum Gasteiger partial charge on any atom is -1.00 e. The third-order valence-corrected chi connectivity index (χ3v) is 4.70. The summed E-state index contributed by atoms with van der Waals surface area (Å²) in [6.45, 7) is 2.47. The summed E-state index contributed by atoms with van der Waals surface area (Å²) >= 11 is 1.63. The van der Waals surface area contributed by atoms with Gasteiger partial charge in [0.2, 0.25) is 0 Å². The molecule has 2 rings (SSSR count). The van der Waals surface area contributed by atoms with E-state index in [1.54, 1.807) is 33.6 Å². The van der Waals surface area contributed by atoms with E-state index in [-0.39, 0.29) is 24.8 Å². The summed E-state index contributed by atoms with van der Waals surface area (Å²) in [5.41, 5.74) is 2.25. The monoisotopic (exact) mass is 321 g/mol. The van der Waals surface area contributed by atoms with Gasteiger partial charge in [-0.1, -0.05) is 0 Å². The van der Waals surface area contributed by atoms with E-state index in [9.17, 15) is 0 Å². The summed E-state index contributed by atoms with van der Waals surface area (Å²) in [6.07, 6.45) is 13.2. The van der Waals surface area contributed by atoms with Gasteiger partial charge in [-0.2, -0.15) is 0 Å². The predicted molar refractivity (Wildman–Crippen MR) is 52.0 cm³/mol. The minimum Gasteiger partial charge on any atom is -1.00 e. The molecule has 15 heavy (non-hydrogen) atoms. The number of hydrogen-bond donors (Lipinski definition) is 0. The first-order chi connectivity index (χ1) is 6.22. The van der Waals surface area contributed by atoms with Crippen LogP contribution in [0.5, 0.6) is 0 Å². The van der Waals surface area contributed by atoms with Gasteiger partial charge in [0.05, 0.1) is 0 Å². The van der Waals surface area contributed by atoms with E-state index in [1.807, 2.05) is 0 Å². The molecule has 1 fully saturated rings. The van der Waals surface area contributed by atoms with E-state index in [1.165, 1.54) is 38.5 Å². The standard InChI is InChI=1S/C12H17.2ClH.Zr/c1-12(9-5-2-6-10-12)11-7-3-4-8-11;;;/h3,7H,2,4-6,9-10H2,1H3;2*1H;/q;;;+2/p-2. The van der Waals surface area contributed by atoms with Crippen molar-refractivity contribution in [2.45, 2.75) is 45.4 Å². The van der Waals surface area contributed by atoms with Crippen LogP contribution in [0.3, 0.4) is 0 Å². The van der Waals surface area contributed by atoms with Gasteiger partial charge in [-0.25, -0.2) is 0 Å². The van der Waals surface area contributed by atoms with Crippen molar-refractivity contribution < 1.29 is 49.5 Å². The Morgan fingerprint density at radius 3 is 2.20 bits per heavy atom. The van der Waals surface area contributed by atoms with Crippen LogP contribution in [-0.2, 0) is 24.7 Å². The molecule has 0 heterocycles. The number of halogens is 2. The average molecular weight is 323 g/mol. The van der Waals surface area contributed by atoms with E-state index in [0.717, 1.165) is 0 Å². The van der Waals surface area contributed by atoms with Crippen LogP contribution in [-0.4, -0.2) is 0 Å². The minimum absolute atomic E-state index is 0. The molecule has 0 N–H and O–H groups in total. The molecule has 83 valence electrons. The van der Waals surface area contributed by atoms with E-state index >= 15 is 0 Å². The SMILES string of the molecule is CC1(C2=[C]([Zr+2])CC=C2)CCCCC1.[Cl-].[Cl-]. The topological polar surface area (TPSA) is 0 Å². The zero-order valence-electron chi connectivity index (χ0n) is 9.15. The van der Waals surface area contributed by atoms with Gasteiger partial charge in [-0.3, -0.25) is 0 Å². The Morgan fingerprint density at radius 1 is 1.13 bits per heavy atom. The molecule has 2 aliphatic carbocycles. The summed E-state index contributed by atoms with van der Waals surface area (Å²) in [4.78, 5) is 0. The zero-order valence-corrected chi connectivity index (χ0v) is 13.1. The van der Waals surface area contributed by atoms with Gasteiger partial charge in [0.25, 0.3) is 0 Å². The zero-order chi connectivity index (χ0) is 9.31. The second-order valence-electron chi connectivity index (χ2n) is 4.62. The van der Waals surface area contributed by atoms with Gasteiger partial charge in [0.15, 0.2) is 0 Å². The van der Waals surface area contributed by atoms with Crippen molar-refractivity contribution in [3.8, 4) is 0 Å². The molecule has 0 unspecified atom stereocenters. The fourth-order valence-corrected chi connectivity index (χ4v) is 3.91. The Morgan fingerprint density at radius 2 is 1.73 bits per heavy atom. The molecule has 0 nitrogen and oxygen atoms in total. The molecule has 0 amide bonds. The fourth-order valence-electron chi connectivity index (χ4n) is 2.67. The quantitative estimate of drug-likeness (QED) is 0.510. The van der Waals surface area contributed by atoms with Crippen molar-refractivity contribution >= 4 is 0 Å². The Balaban J connectivity index is 0.000000980. The average Bonchev–Trinajstić information content (AvgIpc) is 2.53. The fraction of sp³-hybridized carbons (Fsp3) is 0.667. The van der Waals surface area contributed by atoms with Gasteiger partial charge in [-0.05, 0) is 0 Å². The van der Waals surface area contributed by atoms with Crippen LogP contribution in [0.4, 0.5) is 0 Å². The van der Waals surface area contributed by atoms with E-state index in [2.05, 4.69) is 19.1 Å². The second kappa shape index (κ2) is 6.62. The first-order valence-electron chi connectivity index (χ1n) is 5.34. The van der Waals surface area contributed by atoms with Crippen molar-refractivity contribution in [2.24, 2.45) is 5.41 Å². The summed E-state index contributed by atoms with van der Waals surface area (Å²) in [7, 11) is 0. The van der Waals surface area contributed by atoms with Crippen LogP contribution < -0.4 is 24.8 Å². The Bertz CT molecular complexity index is 263. The maximum atomic E-state index is 2.47. The Labute approximate surface area is 121 Å². The van der Waals surface area contributed by atoms with Gasteiger partial charge < -0.3 is 24.8 Å². The first-order valence-corrected chi connectivity index (χ1v) is 6.57. The molecular weight excluding hydrogens is 306 g/mol. The largest absolute Gasteiger partial charge is 1.00 e. The van der Waals surface area contributed by atoms with Gasteiger partial charge in [-0.15, -0.1) is 0 Å². The molecule has 0 aromatic carbocycles. The van der Waals surface area contributed by atoms with Crippen LogP contribution >= 0.6 is 0 Å². The van der Waals surface area contributed by atoms with Crippen LogP contribution in [0.15, 0.2) is 21.0 Å². The molecular formula is C12H17Cl2Zr. The molecule has 0 aromatic rings. The van der Waals surface area contributed by atoms with Crippen LogP contribution in [0, 0.1) is 5.41 Å². The molecule has 2 aliphatic rings. The minimum atomic E-state index is 0. The number of allylic oxidation sites excluding steroid dienone is 4. The summed E-state index contributed by atoms with van der Waals surface area (Å²) in [5.74, 6) is 0. The van der Waals surface area contributed by atoms with Crippen LogP contribution in [0.25, 0.3) is 0 Å². The van der Waals surface area contributed by atoms with Gasteiger partial charge in [0, 0.05) is 0 Å². The molecule has 0 bridgehead atoms. The van der Waals surface area contributed by atoms with E-state index in [4.69, 9.17) is 0 Å². The van der Waals surface area contributed by atoms with Crippen LogP contribution in [0.2, 0.25) is 0 Å². The van der Waals surface area contributed by atoms with Gasteiger partial charge >= 0.3 is 96.6 Å². The molecule has 0 aromatic heterocycles. The third-order valence-electron chi connectivity index (χ3n) is 3.54. The number of rotatable bonds is 1. The van der Waals surface area contributed by atoms with Gasteiger partial charge in [0.1, 0.15) is 0 Å². The molecule has 0 radical (unpaired) electrons. The maximum absolute atomic E-state index is 2.47. The number of hydrogen-bond acceptors (Lipinski definition) is 0. The predicted octanol–water partition coefficient (Wildman–Crippen LogP) is -2.27. The first kappa shape index (κ1) is 15.9. The Kier molecular flexibility index (Phi) is 7.04. The molecule has 1 saturated carbocycles. The van der Waals surface area contributed by atoms with Crippen molar-refractivity contribution in [3.05, 3.63) is 21.0 Å². The smallest absolute Gasteiger partial charge is 1.00 e. The van der Waals surface area contributed by atoms with E-state index in [0.29, 0.717) is 5.41 Å². The summed E-state index contributed by atoms with van der Waals surface area (Å²) in [6, 6.07) is 0. The third kappa shape index (κ3) is 3.45. The molecule has 0 atom stereocenters. The molecule has 0 spiro atoms. The van der Waals surface area contributed by atoms with E-state index < -0.39 is 0 Å². The summed E-state index contributed by atoms with van der Waals surface area (Å²) < 4.78 is 1.71. The summed E-state index contributed by atoms with van der Waals surface area (Å²) in [5, 5.41) is 0. The van der Waals surface area contributed by atoms with Crippen molar-refractivity contribution in [1.29, 1.82) is 0 Å². The van der Waals surface area contributed by atoms with Crippen LogP contribution in [0.1, 0.15) is 45.4 Å². The molecule has 3 heteroatoms. The normalized spacial score (nSPS) is 23.4. The van der Waals surface area contributed by atoms with Crippen molar-refractivity contribution in [3.63, 3.8) is 0 Å². The molecule has 0 saturated heterocycles. The molecule has 0 aliphatic heterocycles. The second-order valence-corrected chi connectivity index (χ2v) is 6.10. The Hall–Kier alpha value is 0.943.